The van der Waals surface area contributed by atoms with E-state index in [0.717, 1.165) is 12.1 Å². The van der Waals surface area contributed by atoms with E-state index in [0.29, 0.717) is 27.8 Å². The van der Waals surface area contributed by atoms with E-state index in [4.69, 9.17) is 16.1 Å². The monoisotopic (exact) mass is 443 g/mol. The van der Waals surface area contributed by atoms with Gasteiger partial charge in [-0.15, -0.1) is 0 Å². The molecule has 0 spiro atoms. The van der Waals surface area contributed by atoms with Gasteiger partial charge < -0.3 is 9.84 Å². The molecular formula is C21H16ClF2N5O2. The summed E-state index contributed by atoms with van der Waals surface area (Å²) < 4.78 is 33.8. The maximum atomic E-state index is 14.2. The van der Waals surface area contributed by atoms with Crippen LogP contribution in [0.25, 0.3) is 17.1 Å². The minimum atomic E-state index is -0.781. The number of nitrogens with zero attached hydrogens (tertiary/aromatic N) is 4. The lowest BCUT2D eigenvalue weighted by molar-refractivity contribution is 0.0945. The lowest BCUT2D eigenvalue weighted by Gasteiger charge is -2.07. The van der Waals surface area contributed by atoms with Crippen molar-refractivity contribution in [3.05, 3.63) is 82.0 Å². The normalized spacial score (nSPS) is 11.0. The molecule has 31 heavy (non-hydrogen) atoms. The molecule has 4 rings (SSSR count). The summed E-state index contributed by atoms with van der Waals surface area (Å²) in [6.45, 7) is 3.24. The van der Waals surface area contributed by atoms with Crippen molar-refractivity contribution in [1.82, 2.24) is 25.2 Å². The van der Waals surface area contributed by atoms with Gasteiger partial charge in [-0.25, -0.2) is 13.5 Å². The second-order valence-electron chi connectivity index (χ2n) is 6.76. The Balaban J connectivity index is 1.51. The molecule has 1 N–H and O–H groups in total. The van der Waals surface area contributed by atoms with Gasteiger partial charge in [0.05, 0.1) is 23.5 Å². The van der Waals surface area contributed by atoms with E-state index in [-0.39, 0.29) is 23.7 Å². The number of rotatable bonds is 5. The van der Waals surface area contributed by atoms with E-state index in [1.807, 2.05) is 0 Å². The summed E-state index contributed by atoms with van der Waals surface area (Å²) in [6.07, 6.45) is 0. The van der Waals surface area contributed by atoms with Gasteiger partial charge in [0.25, 0.3) is 5.91 Å². The Morgan fingerprint density at radius 2 is 2.00 bits per heavy atom. The van der Waals surface area contributed by atoms with Gasteiger partial charge in [0.2, 0.25) is 11.7 Å². The van der Waals surface area contributed by atoms with Crippen molar-refractivity contribution in [2.75, 3.05) is 0 Å². The summed E-state index contributed by atoms with van der Waals surface area (Å²) >= 11 is 5.97. The summed E-state index contributed by atoms with van der Waals surface area (Å²) in [4.78, 5) is 17.0. The van der Waals surface area contributed by atoms with E-state index < -0.39 is 17.5 Å². The Morgan fingerprint density at radius 1 is 1.19 bits per heavy atom. The Hall–Kier alpha value is -3.59. The van der Waals surface area contributed by atoms with Crippen LogP contribution in [0.2, 0.25) is 5.02 Å². The minimum absolute atomic E-state index is 0.0125. The molecule has 0 radical (unpaired) electrons. The predicted octanol–water partition coefficient (Wildman–Crippen LogP) is 4.40. The third-order valence-electron chi connectivity index (χ3n) is 4.61. The van der Waals surface area contributed by atoms with Gasteiger partial charge in [0.15, 0.2) is 5.82 Å². The molecule has 0 unspecified atom stereocenters. The van der Waals surface area contributed by atoms with Crippen LogP contribution in [0.15, 0.2) is 47.0 Å². The van der Waals surface area contributed by atoms with Gasteiger partial charge in [0.1, 0.15) is 11.5 Å². The van der Waals surface area contributed by atoms with Gasteiger partial charge in [0, 0.05) is 16.7 Å². The highest BCUT2D eigenvalue weighted by molar-refractivity contribution is 6.30. The molecule has 0 aliphatic carbocycles. The molecule has 0 saturated carbocycles. The van der Waals surface area contributed by atoms with E-state index in [9.17, 15) is 13.6 Å². The van der Waals surface area contributed by atoms with E-state index in [1.165, 1.54) is 10.7 Å². The molecule has 0 saturated heterocycles. The third kappa shape index (κ3) is 4.17. The van der Waals surface area contributed by atoms with Crippen molar-refractivity contribution in [1.29, 1.82) is 0 Å². The highest BCUT2D eigenvalue weighted by Crippen LogP contribution is 2.22. The van der Waals surface area contributed by atoms with Crippen LogP contribution < -0.4 is 5.32 Å². The van der Waals surface area contributed by atoms with Crippen LogP contribution in [-0.2, 0) is 6.54 Å². The van der Waals surface area contributed by atoms with Gasteiger partial charge in [-0.1, -0.05) is 28.9 Å². The fraction of sp³-hybridized carbons (Fsp3) is 0.143. The average molecular weight is 444 g/mol. The summed E-state index contributed by atoms with van der Waals surface area (Å²) in [5.41, 5.74) is 1.81. The molecule has 1 amide bonds. The van der Waals surface area contributed by atoms with Gasteiger partial charge >= 0.3 is 0 Å². The first kappa shape index (κ1) is 20.7. The van der Waals surface area contributed by atoms with Crippen molar-refractivity contribution in [3.8, 4) is 17.1 Å². The SMILES string of the molecule is Cc1nn(-c2ccc(F)cc2F)c(C)c1C(=O)NCc1nc(-c2cccc(Cl)c2)no1. The number of carbonyl (C=O) groups is 1. The Morgan fingerprint density at radius 3 is 2.74 bits per heavy atom. The molecule has 2 heterocycles. The minimum Gasteiger partial charge on any atom is -0.343 e. The van der Waals surface area contributed by atoms with Crippen molar-refractivity contribution in [2.45, 2.75) is 20.4 Å². The molecule has 2 aromatic carbocycles. The van der Waals surface area contributed by atoms with Gasteiger partial charge in [-0.05, 0) is 38.1 Å². The van der Waals surface area contributed by atoms with Crippen molar-refractivity contribution >= 4 is 17.5 Å². The molecule has 0 aliphatic rings. The number of amides is 1. The smallest absolute Gasteiger partial charge is 0.255 e. The molecule has 0 bridgehead atoms. The summed E-state index contributed by atoms with van der Waals surface area (Å²) in [5.74, 6) is -1.37. The number of carbonyl (C=O) groups excluding carboxylic acids is 1. The largest absolute Gasteiger partial charge is 0.343 e. The summed E-state index contributed by atoms with van der Waals surface area (Å²) in [7, 11) is 0. The summed E-state index contributed by atoms with van der Waals surface area (Å²) in [6, 6.07) is 10.1. The number of benzene rings is 2. The van der Waals surface area contributed by atoms with Crippen molar-refractivity contribution < 1.29 is 18.1 Å². The van der Waals surface area contributed by atoms with Gasteiger partial charge in [-0.3, -0.25) is 4.79 Å². The molecule has 0 fully saturated rings. The predicted molar refractivity (Wildman–Crippen MR) is 109 cm³/mol. The first-order valence-electron chi connectivity index (χ1n) is 9.22. The zero-order valence-corrected chi connectivity index (χ0v) is 17.2. The van der Waals surface area contributed by atoms with Crippen LogP contribution in [0.1, 0.15) is 27.6 Å². The van der Waals surface area contributed by atoms with Crippen LogP contribution >= 0.6 is 11.6 Å². The number of hydrogen-bond acceptors (Lipinski definition) is 5. The van der Waals surface area contributed by atoms with Crippen LogP contribution in [0.4, 0.5) is 8.78 Å². The van der Waals surface area contributed by atoms with Crippen LogP contribution in [0, 0.1) is 25.5 Å². The van der Waals surface area contributed by atoms with Crippen molar-refractivity contribution in [3.63, 3.8) is 0 Å². The number of halogens is 3. The standard InChI is InChI=1S/C21H16ClF2N5O2/c1-11-19(12(2)29(27-11)17-7-6-15(23)9-16(17)24)21(30)25-10-18-26-20(28-31-18)13-4-3-5-14(22)8-13/h3-9H,10H2,1-2H3,(H,25,30). The molecule has 158 valence electrons. The third-order valence-corrected chi connectivity index (χ3v) is 4.84. The van der Waals surface area contributed by atoms with Crippen LogP contribution in [0.3, 0.4) is 0 Å². The maximum absolute atomic E-state index is 14.2. The van der Waals surface area contributed by atoms with Crippen LogP contribution in [-0.4, -0.2) is 25.8 Å². The quantitative estimate of drug-likeness (QED) is 0.494. The fourth-order valence-electron chi connectivity index (χ4n) is 3.17. The van der Waals surface area contributed by atoms with Gasteiger partial charge in [-0.2, -0.15) is 10.1 Å². The Labute approximate surface area is 180 Å². The second kappa shape index (κ2) is 8.27. The molecule has 0 aliphatic heterocycles. The average Bonchev–Trinajstić information content (AvgIpc) is 3.31. The maximum Gasteiger partial charge on any atom is 0.255 e. The second-order valence-corrected chi connectivity index (χ2v) is 7.19. The highest BCUT2D eigenvalue weighted by atomic mass is 35.5. The Kier molecular flexibility index (Phi) is 5.51. The molecule has 0 atom stereocenters. The van der Waals surface area contributed by atoms with Crippen molar-refractivity contribution in [2.24, 2.45) is 0 Å². The zero-order valence-electron chi connectivity index (χ0n) is 16.5. The lowest BCUT2D eigenvalue weighted by atomic mass is 10.2. The molecule has 10 heteroatoms. The summed E-state index contributed by atoms with van der Waals surface area (Å²) in [5, 5.41) is 11.4. The van der Waals surface area contributed by atoms with Crippen LogP contribution in [0.5, 0.6) is 0 Å². The molecule has 2 aromatic heterocycles. The van der Waals surface area contributed by atoms with E-state index in [1.54, 1.807) is 38.1 Å². The highest BCUT2D eigenvalue weighted by Gasteiger charge is 2.21. The first-order valence-corrected chi connectivity index (χ1v) is 9.59. The number of aromatic nitrogens is 4. The lowest BCUT2D eigenvalue weighted by Crippen LogP contribution is -2.24. The number of aryl methyl sites for hydroxylation is 1. The van der Waals surface area contributed by atoms with E-state index >= 15 is 0 Å². The molecular weight excluding hydrogens is 428 g/mol. The number of hydrogen-bond donors (Lipinski definition) is 1. The van der Waals surface area contributed by atoms with E-state index in [2.05, 4.69) is 20.6 Å². The fourth-order valence-corrected chi connectivity index (χ4v) is 3.36. The first-order chi connectivity index (χ1) is 14.8. The molecule has 4 aromatic rings. The zero-order chi connectivity index (χ0) is 22.1. The Bertz CT molecular complexity index is 1280. The molecule has 7 nitrogen and oxygen atoms in total. The number of nitrogens with one attached hydrogen (secondary N) is 1. The topological polar surface area (TPSA) is 85.8 Å².